The molecule has 0 aliphatic heterocycles. The molecule has 2 aromatic carbocycles. The molecule has 0 fully saturated rings. The quantitative estimate of drug-likeness (QED) is 0.238. The zero-order valence-corrected chi connectivity index (χ0v) is 16.4. The third-order valence-corrected chi connectivity index (χ3v) is 2.81. The van der Waals surface area contributed by atoms with Crippen LogP contribution in [0.4, 0.5) is 5.69 Å². The number of nitro groups is 1. The Balaban J connectivity index is 0.00000242. The van der Waals surface area contributed by atoms with Gasteiger partial charge in [0.1, 0.15) is 0 Å². The molecule has 7 nitrogen and oxygen atoms in total. The molecule has 0 aliphatic rings. The van der Waals surface area contributed by atoms with E-state index in [2.05, 4.69) is 0 Å². The van der Waals surface area contributed by atoms with E-state index in [9.17, 15) is 29.9 Å². The molecule has 23 heavy (non-hydrogen) atoms. The Hall–Kier alpha value is -1.22. The maximum absolute atomic E-state index is 12.2. The van der Waals surface area contributed by atoms with Crippen molar-refractivity contribution in [3.8, 4) is 5.75 Å². The number of carbonyl (C=O) groups excluding carboxylic acids is 2. The molecular formula is C14H7NNa2O6. The number of aromatic carboxylic acids is 1. The first-order valence-electron chi connectivity index (χ1n) is 5.72. The van der Waals surface area contributed by atoms with E-state index in [4.69, 9.17) is 0 Å². The summed E-state index contributed by atoms with van der Waals surface area (Å²) in [7, 11) is 0. The second-order valence-electron chi connectivity index (χ2n) is 4.10. The van der Waals surface area contributed by atoms with E-state index in [1.165, 1.54) is 24.3 Å². The monoisotopic (exact) mass is 331 g/mol. The van der Waals surface area contributed by atoms with Gasteiger partial charge >= 0.3 is 59.1 Å². The third kappa shape index (κ3) is 4.87. The summed E-state index contributed by atoms with van der Waals surface area (Å²) in [4.78, 5) is 33.0. The number of hydrogen-bond donors (Lipinski definition) is 0. The Bertz CT molecular complexity index is 763. The second-order valence-corrected chi connectivity index (χ2v) is 4.10. The van der Waals surface area contributed by atoms with Gasteiger partial charge in [0, 0.05) is 22.8 Å². The largest absolute Gasteiger partial charge is 1.00 e. The van der Waals surface area contributed by atoms with Crippen LogP contribution in [0.5, 0.6) is 5.75 Å². The van der Waals surface area contributed by atoms with E-state index in [1.807, 2.05) is 0 Å². The fourth-order valence-corrected chi connectivity index (χ4v) is 1.82. The van der Waals surface area contributed by atoms with Crippen LogP contribution in [0.2, 0.25) is 0 Å². The minimum atomic E-state index is -1.53. The van der Waals surface area contributed by atoms with Gasteiger partial charge in [-0.15, -0.1) is 0 Å². The van der Waals surface area contributed by atoms with Crippen LogP contribution < -0.4 is 69.3 Å². The normalized spacial score (nSPS) is 9.22. The Morgan fingerprint density at radius 1 is 0.957 bits per heavy atom. The average molecular weight is 331 g/mol. The van der Waals surface area contributed by atoms with Gasteiger partial charge in [0.15, 0.2) is 5.78 Å². The van der Waals surface area contributed by atoms with Crippen molar-refractivity contribution in [3.63, 3.8) is 0 Å². The molecule has 9 heteroatoms. The van der Waals surface area contributed by atoms with Crippen molar-refractivity contribution in [1.82, 2.24) is 0 Å². The van der Waals surface area contributed by atoms with Crippen LogP contribution in [0.25, 0.3) is 0 Å². The number of rotatable bonds is 4. The minimum absolute atomic E-state index is 0. The number of ketones is 1. The second kappa shape index (κ2) is 9.17. The Morgan fingerprint density at radius 3 is 2.04 bits per heavy atom. The predicted molar refractivity (Wildman–Crippen MR) is 66.7 cm³/mol. The van der Waals surface area contributed by atoms with Gasteiger partial charge in [-0.2, -0.15) is 0 Å². The molecule has 0 N–H and O–H groups in total. The number of hydrogen-bond acceptors (Lipinski definition) is 6. The molecule has 0 amide bonds. The number of carboxylic acids is 1. The zero-order chi connectivity index (χ0) is 15.6. The van der Waals surface area contributed by atoms with Crippen molar-refractivity contribution in [3.05, 3.63) is 69.3 Å². The first-order valence-corrected chi connectivity index (χ1v) is 5.72. The summed E-state index contributed by atoms with van der Waals surface area (Å²) in [5.74, 6) is -3.10. The maximum Gasteiger partial charge on any atom is 1.00 e. The third-order valence-electron chi connectivity index (χ3n) is 2.81. The van der Waals surface area contributed by atoms with Crippen molar-refractivity contribution in [1.29, 1.82) is 0 Å². The predicted octanol–water partition coefficient (Wildman–Crippen LogP) is -5.73. The topological polar surface area (TPSA) is 123 Å². The van der Waals surface area contributed by atoms with Crippen molar-refractivity contribution in [2.45, 2.75) is 0 Å². The molecule has 0 saturated carbocycles. The van der Waals surface area contributed by atoms with Crippen LogP contribution in [0.1, 0.15) is 26.3 Å². The number of nitro benzene ring substituents is 1. The average Bonchev–Trinajstić information content (AvgIpc) is 2.46. The number of carbonyl (C=O) groups is 2. The SMILES string of the molecule is O=C([O-])c1ccccc1C(=O)c1ccc([O-])c([N+](=O)[O-])c1.[Na+].[Na+]. The molecule has 0 spiro atoms. The van der Waals surface area contributed by atoms with Crippen LogP contribution in [0, 0.1) is 10.1 Å². The molecule has 2 rings (SSSR count). The summed E-state index contributed by atoms with van der Waals surface area (Å²) in [6.45, 7) is 0. The van der Waals surface area contributed by atoms with E-state index in [0.29, 0.717) is 0 Å². The molecule has 0 aliphatic carbocycles. The fourth-order valence-electron chi connectivity index (χ4n) is 1.82. The first kappa shape index (κ1) is 21.8. The van der Waals surface area contributed by atoms with Crippen molar-refractivity contribution >= 4 is 17.4 Å². The number of carboxylic acid groups (broad SMARTS) is 1. The van der Waals surface area contributed by atoms with Gasteiger partial charge in [0.05, 0.1) is 10.9 Å². The molecule has 0 heterocycles. The van der Waals surface area contributed by atoms with Gasteiger partial charge in [-0.1, -0.05) is 36.4 Å². The van der Waals surface area contributed by atoms with E-state index in [-0.39, 0.29) is 75.8 Å². The molecule has 0 atom stereocenters. The molecule has 0 bridgehead atoms. The summed E-state index contributed by atoms with van der Waals surface area (Å²) >= 11 is 0. The van der Waals surface area contributed by atoms with Gasteiger partial charge < -0.3 is 15.0 Å². The summed E-state index contributed by atoms with van der Waals surface area (Å²) in [5.41, 5.74) is -1.37. The maximum atomic E-state index is 12.2. The fraction of sp³-hybridized carbons (Fsp3) is 0. The smallest absolute Gasteiger partial charge is 0.868 e. The Morgan fingerprint density at radius 2 is 1.52 bits per heavy atom. The van der Waals surface area contributed by atoms with Crippen LogP contribution in [-0.2, 0) is 0 Å². The van der Waals surface area contributed by atoms with Crippen molar-refractivity contribution in [2.75, 3.05) is 0 Å². The van der Waals surface area contributed by atoms with Gasteiger partial charge in [-0.3, -0.25) is 14.9 Å². The summed E-state index contributed by atoms with van der Waals surface area (Å²) in [5, 5.41) is 33.0. The summed E-state index contributed by atoms with van der Waals surface area (Å²) in [6, 6.07) is 8.18. The summed E-state index contributed by atoms with van der Waals surface area (Å²) in [6.07, 6.45) is 0. The molecule has 0 radical (unpaired) electrons. The first-order chi connectivity index (χ1) is 9.91. The molecule has 0 saturated heterocycles. The molecule has 0 aromatic heterocycles. The number of benzene rings is 2. The minimum Gasteiger partial charge on any atom is -0.868 e. The molecule has 0 unspecified atom stereocenters. The van der Waals surface area contributed by atoms with E-state index >= 15 is 0 Å². The van der Waals surface area contributed by atoms with Crippen LogP contribution in [0.3, 0.4) is 0 Å². The van der Waals surface area contributed by atoms with E-state index in [1.54, 1.807) is 0 Å². The van der Waals surface area contributed by atoms with Crippen molar-refractivity contribution < 1.29 is 83.8 Å². The van der Waals surface area contributed by atoms with Gasteiger partial charge in [-0.05, 0) is 5.75 Å². The van der Waals surface area contributed by atoms with Crippen molar-refractivity contribution in [2.24, 2.45) is 0 Å². The van der Waals surface area contributed by atoms with Gasteiger partial charge in [0.2, 0.25) is 0 Å². The summed E-state index contributed by atoms with van der Waals surface area (Å²) < 4.78 is 0. The van der Waals surface area contributed by atoms with Crippen LogP contribution in [-0.4, -0.2) is 16.7 Å². The zero-order valence-electron chi connectivity index (χ0n) is 12.4. The van der Waals surface area contributed by atoms with Crippen LogP contribution in [0.15, 0.2) is 42.5 Å². The Labute approximate surface area is 175 Å². The van der Waals surface area contributed by atoms with E-state index < -0.39 is 28.1 Å². The van der Waals surface area contributed by atoms with Crippen LogP contribution >= 0.6 is 0 Å². The number of nitrogens with zero attached hydrogens (tertiary/aromatic N) is 1. The van der Waals surface area contributed by atoms with Gasteiger partial charge in [0.25, 0.3) is 5.69 Å². The molecular weight excluding hydrogens is 324 g/mol. The molecule has 106 valence electrons. The molecule has 2 aromatic rings. The van der Waals surface area contributed by atoms with E-state index in [0.717, 1.165) is 18.2 Å². The van der Waals surface area contributed by atoms with Gasteiger partial charge in [-0.25, -0.2) is 0 Å². The Kier molecular flexibility index (Phi) is 8.68. The standard InChI is InChI=1S/C14H9NO6.2Na/c16-12-6-5-8(7-11(12)15(20)21)13(17)9-3-1-2-4-10(9)14(18)19;;/h1-7,16H,(H,18,19);;/q;2*+1/p-2.